The summed E-state index contributed by atoms with van der Waals surface area (Å²) in [5.74, 6) is -2.01. The molecule has 0 fully saturated rings. The quantitative estimate of drug-likeness (QED) is 0.0456. The molecule has 1 aliphatic rings. The molecule has 2 amide bonds. The molecular weight excluding hydrogens is 773 g/mol. The van der Waals surface area contributed by atoms with Crippen molar-refractivity contribution >= 4 is 29.9 Å². The lowest BCUT2D eigenvalue weighted by molar-refractivity contribution is -0.184. The zero-order chi connectivity index (χ0) is 45.3. The minimum atomic E-state index is -1.33. The molecule has 0 saturated heterocycles. The minimum absolute atomic E-state index is 0.0920. The third kappa shape index (κ3) is 18.2. The standard InChI is InChI=1S/C50H76N2O9/c1-47(2,3)59-43(54)41(34-51-46(57)58-35-40-38-30-25-23-28-36(38)37-29-24-26-31-39(37)40)52-42(53)32-22-20-18-16-14-12-11-13-15-17-19-21-27-33-50(10,44(55)60-48(4,5)6)45(56)61-49(7,8)9/h23-26,28-31,40-41H,11-22,27,32-35H2,1-10H3,(H,51,57)(H,52,53). The molecular formula is C50H76N2O9. The Morgan fingerprint density at radius 3 is 1.41 bits per heavy atom. The van der Waals surface area contributed by atoms with Crippen LogP contribution in [0.2, 0.25) is 0 Å². The number of nitrogens with one attached hydrogen (secondary N) is 2. The first-order chi connectivity index (χ1) is 28.6. The van der Waals surface area contributed by atoms with Gasteiger partial charge in [-0.25, -0.2) is 9.59 Å². The van der Waals surface area contributed by atoms with Crippen LogP contribution in [0.1, 0.15) is 183 Å². The Morgan fingerprint density at radius 2 is 0.967 bits per heavy atom. The van der Waals surface area contributed by atoms with Crippen LogP contribution in [-0.2, 0) is 38.1 Å². The lowest BCUT2D eigenvalue weighted by atomic mass is 9.84. The van der Waals surface area contributed by atoms with E-state index in [1.54, 1.807) is 69.2 Å². The topological polar surface area (TPSA) is 146 Å². The Kier molecular flexibility index (Phi) is 19.8. The molecule has 1 atom stereocenters. The lowest BCUT2D eigenvalue weighted by Crippen LogP contribution is -2.50. The first kappa shape index (κ1) is 50.9. The number of esters is 3. The third-order valence-corrected chi connectivity index (χ3v) is 10.6. The first-order valence-corrected chi connectivity index (χ1v) is 22.7. The number of carbonyl (C=O) groups is 5. The van der Waals surface area contributed by atoms with Crippen LogP contribution in [0, 0.1) is 5.41 Å². The second-order valence-electron chi connectivity index (χ2n) is 19.8. The summed E-state index contributed by atoms with van der Waals surface area (Å²) in [5, 5.41) is 5.44. The fraction of sp³-hybridized carbons (Fsp3) is 0.660. The van der Waals surface area contributed by atoms with Crippen molar-refractivity contribution in [2.45, 2.75) is 194 Å². The van der Waals surface area contributed by atoms with Crippen molar-refractivity contribution in [3.8, 4) is 11.1 Å². The van der Waals surface area contributed by atoms with E-state index in [9.17, 15) is 24.0 Å². The normalized spacial score (nSPS) is 13.4. The van der Waals surface area contributed by atoms with E-state index in [1.165, 1.54) is 19.3 Å². The fourth-order valence-electron chi connectivity index (χ4n) is 7.45. The van der Waals surface area contributed by atoms with Crippen molar-refractivity contribution in [2.75, 3.05) is 13.2 Å². The van der Waals surface area contributed by atoms with E-state index in [1.807, 2.05) is 24.3 Å². The van der Waals surface area contributed by atoms with Crippen molar-refractivity contribution in [1.82, 2.24) is 10.6 Å². The molecule has 61 heavy (non-hydrogen) atoms. The van der Waals surface area contributed by atoms with Gasteiger partial charge in [0.1, 0.15) is 29.5 Å². The van der Waals surface area contributed by atoms with Crippen LogP contribution in [0.5, 0.6) is 0 Å². The molecule has 2 N–H and O–H groups in total. The Labute approximate surface area is 366 Å². The van der Waals surface area contributed by atoms with Crippen LogP contribution in [0.3, 0.4) is 0 Å². The highest BCUT2D eigenvalue weighted by molar-refractivity contribution is 5.99. The molecule has 2 aromatic carbocycles. The maximum absolute atomic E-state index is 13.0. The second-order valence-corrected chi connectivity index (χ2v) is 19.8. The Morgan fingerprint density at radius 1 is 0.557 bits per heavy atom. The van der Waals surface area contributed by atoms with Crippen LogP contribution >= 0.6 is 0 Å². The summed E-state index contributed by atoms with van der Waals surface area (Å²) in [5.41, 5.74) is 1.02. The molecule has 0 aliphatic heterocycles. The van der Waals surface area contributed by atoms with E-state index in [2.05, 4.69) is 34.9 Å². The van der Waals surface area contributed by atoms with Crippen LogP contribution in [-0.4, -0.2) is 65.9 Å². The largest absolute Gasteiger partial charge is 0.459 e. The number of ether oxygens (including phenoxy) is 4. The highest BCUT2D eigenvalue weighted by atomic mass is 16.6. The van der Waals surface area contributed by atoms with Crippen molar-refractivity contribution in [3.63, 3.8) is 0 Å². The van der Waals surface area contributed by atoms with Crippen molar-refractivity contribution in [2.24, 2.45) is 5.41 Å². The molecule has 0 heterocycles. The Balaban J connectivity index is 1.28. The molecule has 0 radical (unpaired) electrons. The zero-order valence-electron chi connectivity index (χ0n) is 39.0. The van der Waals surface area contributed by atoms with Crippen LogP contribution < -0.4 is 10.6 Å². The molecule has 0 spiro atoms. The number of benzene rings is 2. The summed E-state index contributed by atoms with van der Waals surface area (Å²) in [6.45, 7) is 17.7. The van der Waals surface area contributed by atoms with Gasteiger partial charge in [0.25, 0.3) is 0 Å². The SMILES string of the molecule is CC(C)(C)OC(=O)C(CNC(=O)OCC1c2ccccc2-c2ccccc21)NC(=O)CCCCCCCCCCCCCCCC(C)(C(=O)OC(C)(C)C)C(=O)OC(C)(C)C. The van der Waals surface area contributed by atoms with Gasteiger partial charge in [-0.3, -0.25) is 14.4 Å². The molecule has 1 aliphatic carbocycles. The summed E-state index contributed by atoms with van der Waals surface area (Å²) >= 11 is 0. The molecule has 0 saturated carbocycles. The predicted octanol–water partition coefficient (Wildman–Crippen LogP) is 10.9. The van der Waals surface area contributed by atoms with Gasteiger partial charge < -0.3 is 29.6 Å². The molecule has 0 aromatic heterocycles. The number of unbranched alkanes of at least 4 members (excludes halogenated alkanes) is 12. The number of carbonyl (C=O) groups excluding carboxylic acids is 5. The summed E-state index contributed by atoms with van der Waals surface area (Å²) in [4.78, 5) is 64.9. The van der Waals surface area contributed by atoms with Gasteiger partial charge in [0.05, 0.1) is 6.54 Å². The van der Waals surface area contributed by atoms with E-state index in [0.29, 0.717) is 12.8 Å². The summed E-state index contributed by atoms with van der Waals surface area (Å²) < 4.78 is 22.4. The number of rotatable bonds is 24. The van der Waals surface area contributed by atoms with Gasteiger partial charge in [0.15, 0.2) is 5.41 Å². The molecule has 3 rings (SSSR count). The maximum atomic E-state index is 13.0. The van der Waals surface area contributed by atoms with Gasteiger partial charge in [0, 0.05) is 12.3 Å². The lowest BCUT2D eigenvalue weighted by Gasteiger charge is -2.32. The molecule has 11 nitrogen and oxygen atoms in total. The van der Waals surface area contributed by atoms with Gasteiger partial charge in [-0.1, -0.05) is 126 Å². The van der Waals surface area contributed by atoms with Gasteiger partial charge in [0.2, 0.25) is 5.91 Å². The summed E-state index contributed by atoms with van der Waals surface area (Å²) in [7, 11) is 0. The fourth-order valence-corrected chi connectivity index (χ4v) is 7.45. The second kappa shape index (κ2) is 23.7. The molecule has 0 bridgehead atoms. The van der Waals surface area contributed by atoms with Crippen molar-refractivity contribution in [1.29, 1.82) is 0 Å². The predicted molar refractivity (Wildman–Crippen MR) is 240 cm³/mol. The molecule has 2 aromatic rings. The number of hydrogen-bond acceptors (Lipinski definition) is 9. The third-order valence-electron chi connectivity index (χ3n) is 10.6. The van der Waals surface area contributed by atoms with Crippen molar-refractivity contribution < 1.29 is 42.9 Å². The monoisotopic (exact) mass is 849 g/mol. The number of amides is 2. The van der Waals surface area contributed by atoms with Gasteiger partial charge >= 0.3 is 24.0 Å². The van der Waals surface area contributed by atoms with E-state index >= 15 is 0 Å². The average Bonchev–Trinajstić information content (AvgIpc) is 3.48. The number of hydrogen-bond donors (Lipinski definition) is 2. The summed E-state index contributed by atoms with van der Waals surface area (Å²) in [6.07, 6.45) is 13.5. The molecule has 11 heteroatoms. The zero-order valence-corrected chi connectivity index (χ0v) is 39.0. The van der Waals surface area contributed by atoms with E-state index in [-0.39, 0.29) is 31.4 Å². The van der Waals surface area contributed by atoms with E-state index in [0.717, 1.165) is 80.0 Å². The van der Waals surface area contributed by atoms with Crippen LogP contribution in [0.4, 0.5) is 4.79 Å². The number of fused-ring (bicyclic) bond motifs is 3. The van der Waals surface area contributed by atoms with E-state index in [4.69, 9.17) is 18.9 Å². The smallest absolute Gasteiger partial charge is 0.407 e. The van der Waals surface area contributed by atoms with Gasteiger partial charge in [-0.05, 0) is 104 Å². The highest BCUT2D eigenvalue weighted by Gasteiger charge is 2.46. The number of alkyl carbamates (subject to hydrolysis) is 1. The average molecular weight is 849 g/mol. The van der Waals surface area contributed by atoms with Crippen LogP contribution in [0.15, 0.2) is 48.5 Å². The Bertz CT molecular complexity index is 1660. The molecule has 1 unspecified atom stereocenters. The Hall–Kier alpha value is -4.41. The van der Waals surface area contributed by atoms with Gasteiger partial charge in [-0.15, -0.1) is 0 Å². The maximum Gasteiger partial charge on any atom is 0.407 e. The minimum Gasteiger partial charge on any atom is -0.459 e. The van der Waals surface area contributed by atoms with Crippen molar-refractivity contribution in [3.05, 3.63) is 59.7 Å². The summed E-state index contributed by atoms with van der Waals surface area (Å²) in [6, 6.07) is 15.2. The highest BCUT2D eigenvalue weighted by Crippen LogP contribution is 2.44. The van der Waals surface area contributed by atoms with Crippen LogP contribution in [0.25, 0.3) is 11.1 Å². The van der Waals surface area contributed by atoms with Gasteiger partial charge in [-0.2, -0.15) is 0 Å². The van der Waals surface area contributed by atoms with E-state index < -0.39 is 52.3 Å². The first-order valence-electron chi connectivity index (χ1n) is 22.7. The molecule has 340 valence electrons.